The van der Waals surface area contributed by atoms with Crippen LogP contribution in [-0.4, -0.2) is 14.9 Å². The molecule has 10 heavy (non-hydrogen) atoms. The lowest BCUT2D eigenvalue weighted by Gasteiger charge is -2.09. The molecule has 0 spiro atoms. The molecule has 0 amide bonds. The van der Waals surface area contributed by atoms with E-state index in [1.165, 1.54) is 0 Å². The van der Waals surface area contributed by atoms with Gasteiger partial charge in [0.1, 0.15) is 0 Å². The van der Waals surface area contributed by atoms with Gasteiger partial charge in [-0.1, -0.05) is 15.9 Å². The monoisotopic (exact) mass is 203 g/mol. The van der Waals surface area contributed by atoms with Crippen molar-refractivity contribution in [1.29, 1.82) is 0 Å². The number of aromatic amines is 1. The fourth-order valence-corrected chi connectivity index (χ4v) is 1.09. The minimum atomic E-state index is -0.411. The van der Waals surface area contributed by atoms with Crippen molar-refractivity contribution in [1.82, 2.24) is 4.98 Å². The average Bonchev–Trinajstić information content (AvgIpc) is 2.36. The Hall–Kier alpha value is -0.280. The molecule has 1 aromatic heterocycles. The van der Waals surface area contributed by atoms with Gasteiger partial charge in [0.05, 0.1) is 6.10 Å². The third kappa shape index (κ3) is 1.61. The Balaban J connectivity index is 2.68. The van der Waals surface area contributed by atoms with E-state index in [-0.39, 0.29) is 4.83 Å². The van der Waals surface area contributed by atoms with Gasteiger partial charge in [-0.15, -0.1) is 0 Å². The Morgan fingerprint density at radius 3 is 2.80 bits per heavy atom. The third-order valence-electron chi connectivity index (χ3n) is 1.40. The van der Waals surface area contributed by atoms with Crippen molar-refractivity contribution >= 4 is 15.9 Å². The van der Waals surface area contributed by atoms with Crippen LogP contribution >= 0.6 is 15.9 Å². The van der Waals surface area contributed by atoms with Crippen molar-refractivity contribution in [2.75, 3.05) is 0 Å². The third-order valence-corrected chi connectivity index (χ3v) is 1.90. The highest BCUT2D eigenvalue weighted by Crippen LogP contribution is 2.20. The van der Waals surface area contributed by atoms with Crippen LogP contribution in [0.3, 0.4) is 0 Å². The van der Waals surface area contributed by atoms with Gasteiger partial charge in [0, 0.05) is 17.2 Å². The summed E-state index contributed by atoms with van der Waals surface area (Å²) in [4.78, 5) is 2.98. The number of hydrogen-bond donors (Lipinski definition) is 2. The van der Waals surface area contributed by atoms with Gasteiger partial charge in [-0.25, -0.2) is 0 Å². The first-order valence-electron chi connectivity index (χ1n) is 3.16. The summed E-state index contributed by atoms with van der Waals surface area (Å²) in [6.45, 7) is 1.91. The molecular weight excluding hydrogens is 194 g/mol. The fourth-order valence-electron chi connectivity index (χ4n) is 0.786. The molecule has 56 valence electrons. The number of H-pyrrole nitrogens is 1. The summed E-state index contributed by atoms with van der Waals surface area (Å²) < 4.78 is 0. The van der Waals surface area contributed by atoms with Crippen LogP contribution in [0.5, 0.6) is 0 Å². The van der Waals surface area contributed by atoms with Crippen molar-refractivity contribution in [2.45, 2.75) is 17.9 Å². The van der Waals surface area contributed by atoms with E-state index in [4.69, 9.17) is 0 Å². The van der Waals surface area contributed by atoms with Crippen LogP contribution in [0.25, 0.3) is 0 Å². The molecule has 2 nitrogen and oxygen atoms in total. The van der Waals surface area contributed by atoms with E-state index < -0.39 is 6.10 Å². The topological polar surface area (TPSA) is 36.0 Å². The summed E-state index contributed by atoms with van der Waals surface area (Å²) >= 11 is 3.30. The normalized spacial score (nSPS) is 16.7. The van der Waals surface area contributed by atoms with Gasteiger partial charge in [-0.2, -0.15) is 0 Å². The maximum Gasteiger partial charge on any atom is 0.0926 e. The van der Waals surface area contributed by atoms with E-state index in [0.29, 0.717) is 0 Å². The van der Waals surface area contributed by atoms with Gasteiger partial charge < -0.3 is 10.1 Å². The zero-order chi connectivity index (χ0) is 7.56. The van der Waals surface area contributed by atoms with Crippen molar-refractivity contribution < 1.29 is 5.11 Å². The summed E-state index contributed by atoms with van der Waals surface area (Å²) in [5.41, 5.74) is 0.921. The first-order valence-corrected chi connectivity index (χ1v) is 4.08. The van der Waals surface area contributed by atoms with E-state index in [0.717, 1.165) is 5.56 Å². The SMILES string of the molecule is CC(Br)C(O)c1cc[nH]c1. The summed E-state index contributed by atoms with van der Waals surface area (Å²) in [6, 6.07) is 1.86. The number of aromatic nitrogens is 1. The van der Waals surface area contributed by atoms with Crippen LogP contribution in [0.1, 0.15) is 18.6 Å². The highest BCUT2D eigenvalue weighted by molar-refractivity contribution is 9.09. The first-order chi connectivity index (χ1) is 4.72. The lowest BCUT2D eigenvalue weighted by molar-refractivity contribution is 0.181. The summed E-state index contributed by atoms with van der Waals surface area (Å²) in [7, 11) is 0. The summed E-state index contributed by atoms with van der Waals surface area (Å²) in [5, 5.41) is 9.42. The lowest BCUT2D eigenvalue weighted by Crippen LogP contribution is -2.06. The first kappa shape index (κ1) is 7.82. The number of aliphatic hydroxyl groups excluding tert-OH is 1. The fraction of sp³-hybridized carbons (Fsp3) is 0.429. The van der Waals surface area contributed by atoms with Crippen LogP contribution in [-0.2, 0) is 0 Å². The molecule has 0 aromatic carbocycles. The summed E-state index contributed by atoms with van der Waals surface area (Å²) in [6.07, 6.45) is 3.18. The number of aliphatic hydroxyl groups is 1. The molecule has 0 aliphatic heterocycles. The molecule has 0 fully saturated rings. The van der Waals surface area contributed by atoms with Gasteiger partial charge in [-0.3, -0.25) is 0 Å². The quantitative estimate of drug-likeness (QED) is 0.708. The van der Waals surface area contributed by atoms with E-state index >= 15 is 0 Å². The molecule has 0 aliphatic rings. The Labute approximate surface area is 68.4 Å². The van der Waals surface area contributed by atoms with Crippen molar-refractivity contribution in [3.05, 3.63) is 24.0 Å². The standard InChI is InChI=1S/C7H10BrNO/c1-5(8)7(10)6-2-3-9-4-6/h2-5,7,9-10H,1H3. The Morgan fingerprint density at radius 2 is 2.40 bits per heavy atom. The molecule has 1 heterocycles. The highest BCUT2D eigenvalue weighted by atomic mass is 79.9. The molecule has 1 aromatic rings. The molecule has 0 saturated carbocycles. The number of halogens is 1. The molecule has 0 saturated heterocycles. The number of rotatable bonds is 2. The molecule has 2 unspecified atom stereocenters. The molecule has 3 heteroatoms. The van der Waals surface area contributed by atoms with Crippen LogP contribution in [0, 0.1) is 0 Å². The maximum atomic E-state index is 9.42. The molecular formula is C7H10BrNO. The van der Waals surface area contributed by atoms with Gasteiger partial charge in [0.2, 0.25) is 0 Å². The molecule has 0 radical (unpaired) electrons. The van der Waals surface area contributed by atoms with Crippen LogP contribution in [0.15, 0.2) is 18.5 Å². The van der Waals surface area contributed by atoms with Gasteiger partial charge in [0.15, 0.2) is 0 Å². The summed E-state index contributed by atoms with van der Waals surface area (Å²) in [5.74, 6) is 0. The van der Waals surface area contributed by atoms with E-state index in [2.05, 4.69) is 20.9 Å². The van der Waals surface area contributed by atoms with E-state index in [1.54, 1.807) is 12.4 Å². The Kier molecular flexibility index (Phi) is 2.51. The van der Waals surface area contributed by atoms with E-state index in [9.17, 15) is 5.11 Å². The molecule has 0 bridgehead atoms. The smallest absolute Gasteiger partial charge is 0.0926 e. The number of nitrogens with one attached hydrogen (secondary N) is 1. The minimum absolute atomic E-state index is 0.100. The number of alkyl halides is 1. The van der Waals surface area contributed by atoms with Crippen LogP contribution in [0.4, 0.5) is 0 Å². The van der Waals surface area contributed by atoms with Gasteiger partial charge in [-0.05, 0) is 18.6 Å². The molecule has 2 N–H and O–H groups in total. The van der Waals surface area contributed by atoms with Gasteiger partial charge in [0.25, 0.3) is 0 Å². The van der Waals surface area contributed by atoms with Crippen molar-refractivity contribution in [2.24, 2.45) is 0 Å². The zero-order valence-electron chi connectivity index (χ0n) is 5.71. The zero-order valence-corrected chi connectivity index (χ0v) is 7.30. The van der Waals surface area contributed by atoms with Gasteiger partial charge >= 0.3 is 0 Å². The second-order valence-electron chi connectivity index (χ2n) is 2.27. The van der Waals surface area contributed by atoms with Crippen molar-refractivity contribution in [3.8, 4) is 0 Å². The minimum Gasteiger partial charge on any atom is -0.387 e. The predicted molar refractivity (Wildman–Crippen MR) is 44.1 cm³/mol. The Morgan fingerprint density at radius 1 is 1.70 bits per heavy atom. The van der Waals surface area contributed by atoms with Crippen molar-refractivity contribution in [3.63, 3.8) is 0 Å². The van der Waals surface area contributed by atoms with E-state index in [1.807, 2.05) is 13.0 Å². The van der Waals surface area contributed by atoms with Crippen LogP contribution in [0.2, 0.25) is 0 Å². The van der Waals surface area contributed by atoms with Crippen LogP contribution < -0.4 is 0 Å². The number of hydrogen-bond acceptors (Lipinski definition) is 1. The predicted octanol–water partition coefficient (Wildman–Crippen LogP) is 1.83. The largest absolute Gasteiger partial charge is 0.387 e. The average molecular weight is 204 g/mol. The molecule has 1 rings (SSSR count). The maximum absolute atomic E-state index is 9.42. The Bertz CT molecular complexity index is 183. The molecule has 2 atom stereocenters. The second-order valence-corrected chi connectivity index (χ2v) is 3.71. The highest BCUT2D eigenvalue weighted by Gasteiger charge is 2.12. The lowest BCUT2D eigenvalue weighted by atomic mass is 10.1. The molecule has 0 aliphatic carbocycles. The second kappa shape index (κ2) is 3.21.